The van der Waals surface area contributed by atoms with Crippen molar-refractivity contribution in [1.29, 1.82) is 0 Å². The second-order valence-corrected chi connectivity index (χ2v) is 15.9. The van der Waals surface area contributed by atoms with E-state index in [1.807, 2.05) is 0 Å². The third-order valence-electron chi connectivity index (χ3n) is 12.9. The van der Waals surface area contributed by atoms with Crippen molar-refractivity contribution in [2.24, 2.45) is 5.92 Å². The fraction of sp³-hybridized carbons (Fsp3) is 0.127. The van der Waals surface area contributed by atoms with Crippen LogP contribution in [0, 0.1) is 5.92 Å². The molecule has 274 valence electrons. The van der Waals surface area contributed by atoms with Gasteiger partial charge in [-0.05, 0) is 120 Å². The predicted molar refractivity (Wildman–Crippen MR) is 240 cm³/mol. The first kappa shape index (κ1) is 33.7. The van der Waals surface area contributed by atoms with E-state index in [2.05, 4.69) is 210 Å². The van der Waals surface area contributed by atoms with Crippen LogP contribution in [0.25, 0.3) is 49.7 Å². The lowest BCUT2D eigenvalue weighted by molar-refractivity contribution is 0.329. The quantitative estimate of drug-likeness (QED) is 0.148. The van der Waals surface area contributed by atoms with Gasteiger partial charge in [-0.15, -0.1) is 0 Å². The van der Waals surface area contributed by atoms with Gasteiger partial charge >= 0.3 is 0 Å². The van der Waals surface area contributed by atoms with E-state index in [1.165, 1.54) is 67.3 Å². The van der Waals surface area contributed by atoms with Crippen LogP contribution in [-0.4, -0.2) is 4.57 Å². The van der Waals surface area contributed by atoms with Crippen LogP contribution in [0.5, 0.6) is 0 Å². The molecule has 0 spiro atoms. The second kappa shape index (κ2) is 13.8. The Morgan fingerprint density at radius 3 is 1.79 bits per heavy atom. The number of rotatable bonds is 7. The monoisotopic (exact) mass is 732 g/mol. The van der Waals surface area contributed by atoms with E-state index in [4.69, 9.17) is 0 Å². The molecule has 1 aliphatic heterocycles. The molecule has 2 nitrogen and oxygen atoms in total. The summed E-state index contributed by atoms with van der Waals surface area (Å²) in [5.41, 5.74) is 16.5. The average molecular weight is 733 g/mol. The minimum absolute atomic E-state index is 0.189. The van der Waals surface area contributed by atoms with Crippen LogP contribution in [0.15, 0.2) is 206 Å². The number of fused-ring (bicyclic) bond motifs is 5. The molecule has 0 amide bonds. The number of hydrogen-bond donors (Lipinski definition) is 0. The molecule has 2 heterocycles. The van der Waals surface area contributed by atoms with Crippen molar-refractivity contribution in [2.45, 2.75) is 37.5 Å². The molecule has 2 aliphatic carbocycles. The van der Waals surface area contributed by atoms with Gasteiger partial charge in [0.25, 0.3) is 0 Å². The molecule has 0 radical (unpaired) electrons. The molecule has 0 saturated heterocycles. The van der Waals surface area contributed by atoms with E-state index >= 15 is 0 Å². The van der Waals surface area contributed by atoms with Gasteiger partial charge in [-0.3, -0.25) is 0 Å². The summed E-state index contributed by atoms with van der Waals surface area (Å²) in [6, 6.07) is 63.0. The molecular weight excluding hydrogens is 689 g/mol. The van der Waals surface area contributed by atoms with E-state index in [1.54, 1.807) is 5.57 Å². The fourth-order valence-electron chi connectivity index (χ4n) is 10.4. The van der Waals surface area contributed by atoms with Gasteiger partial charge in [0, 0.05) is 33.2 Å². The van der Waals surface area contributed by atoms with Crippen LogP contribution in [-0.2, 0) is 5.41 Å². The number of hydrogen-bond acceptors (Lipinski definition) is 1. The summed E-state index contributed by atoms with van der Waals surface area (Å²) in [5, 5.41) is 2.60. The first-order valence-electron chi connectivity index (χ1n) is 20.6. The largest absolute Gasteiger partial charge is 0.310 e. The molecule has 0 saturated carbocycles. The zero-order valence-corrected chi connectivity index (χ0v) is 32.1. The molecule has 57 heavy (non-hydrogen) atoms. The van der Waals surface area contributed by atoms with Crippen LogP contribution in [0.2, 0.25) is 0 Å². The third-order valence-corrected chi connectivity index (χ3v) is 12.9. The average Bonchev–Trinajstić information content (AvgIpc) is 3.63. The van der Waals surface area contributed by atoms with Crippen molar-refractivity contribution in [3.05, 3.63) is 217 Å². The van der Waals surface area contributed by atoms with E-state index < -0.39 is 0 Å². The van der Waals surface area contributed by atoms with Crippen molar-refractivity contribution in [3.8, 4) is 27.9 Å². The Balaban J connectivity index is 1.12. The van der Waals surface area contributed by atoms with Gasteiger partial charge in [-0.2, -0.15) is 0 Å². The molecule has 1 aromatic heterocycles. The highest BCUT2D eigenvalue weighted by Crippen LogP contribution is 2.58. The Hall–Kier alpha value is -6.64. The topological polar surface area (TPSA) is 8.17 Å². The lowest BCUT2D eigenvalue weighted by Gasteiger charge is -2.48. The Morgan fingerprint density at radius 1 is 0.509 bits per heavy atom. The van der Waals surface area contributed by atoms with Gasteiger partial charge in [0.05, 0.1) is 16.7 Å². The van der Waals surface area contributed by atoms with Gasteiger partial charge in [0.15, 0.2) is 0 Å². The first-order chi connectivity index (χ1) is 28.3. The predicted octanol–water partition coefficient (Wildman–Crippen LogP) is 14.8. The minimum Gasteiger partial charge on any atom is -0.310 e. The molecule has 0 fully saturated rings. The summed E-state index contributed by atoms with van der Waals surface area (Å²) >= 11 is 0. The molecule has 0 bridgehead atoms. The van der Waals surface area contributed by atoms with Gasteiger partial charge in [-0.1, -0.05) is 157 Å². The summed E-state index contributed by atoms with van der Waals surface area (Å²) in [6.07, 6.45) is 17.5. The fourth-order valence-corrected chi connectivity index (χ4v) is 10.4. The van der Waals surface area contributed by atoms with Gasteiger partial charge in [0.2, 0.25) is 0 Å². The highest BCUT2D eigenvalue weighted by molar-refractivity contribution is 6.13. The molecule has 2 atom stereocenters. The molecule has 11 rings (SSSR count). The summed E-state index contributed by atoms with van der Waals surface area (Å²) in [5.74, 6) is 0.488. The SMILES string of the molecule is C1=CCCC(C2(C3CC=CCC3)c3ccccc3-n3c4ccc(N(c5ccc(-c6ccccc6)cc5)c5ccc(-c6ccccc6)cc5)cc4c4cccc2c43)=C1. The standard InChI is InChI=1S/C55H44N2/c1-5-16-39(17-6-1)41-28-32-45(33-29-41)56(46-34-30-42(31-35-46)40-18-7-2-8-19-40)47-36-37-52-49(38-47)48-24-15-26-51-54(48)57(52)53-27-14-13-25-50(53)55(51,43-20-9-3-10-21-43)44-22-11-4-12-23-44/h1-9,11,13-20,24-38,44H,10,12,21-23H2. The zero-order chi connectivity index (χ0) is 37.8. The van der Waals surface area contributed by atoms with Gasteiger partial charge in [0.1, 0.15) is 0 Å². The Labute approximate surface area is 335 Å². The Kier molecular flexibility index (Phi) is 8.17. The van der Waals surface area contributed by atoms with Crippen LogP contribution >= 0.6 is 0 Å². The van der Waals surface area contributed by atoms with Crippen molar-refractivity contribution in [2.75, 3.05) is 4.90 Å². The van der Waals surface area contributed by atoms with Crippen LogP contribution in [0.1, 0.15) is 43.2 Å². The third kappa shape index (κ3) is 5.39. The number of allylic oxidation sites excluding steroid dienone is 6. The molecule has 0 N–H and O–H groups in total. The summed E-state index contributed by atoms with van der Waals surface area (Å²) < 4.78 is 2.59. The van der Waals surface area contributed by atoms with Crippen molar-refractivity contribution in [3.63, 3.8) is 0 Å². The Bertz CT molecular complexity index is 2770. The van der Waals surface area contributed by atoms with Crippen LogP contribution in [0.4, 0.5) is 17.1 Å². The molecule has 8 aromatic rings. The smallest absolute Gasteiger partial charge is 0.0585 e. The number of benzene rings is 7. The minimum atomic E-state index is -0.189. The molecule has 3 aliphatic rings. The maximum Gasteiger partial charge on any atom is 0.0585 e. The summed E-state index contributed by atoms with van der Waals surface area (Å²) in [7, 11) is 0. The maximum absolute atomic E-state index is 2.59. The van der Waals surface area contributed by atoms with Gasteiger partial charge < -0.3 is 9.47 Å². The van der Waals surface area contributed by atoms with E-state index in [9.17, 15) is 0 Å². The lowest BCUT2D eigenvalue weighted by Crippen LogP contribution is -2.42. The summed E-state index contributed by atoms with van der Waals surface area (Å²) in [4.78, 5) is 2.42. The highest BCUT2D eigenvalue weighted by Gasteiger charge is 2.49. The van der Waals surface area contributed by atoms with Crippen molar-refractivity contribution < 1.29 is 0 Å². The normalized spacial score (nSPS) is 18.4. The molecule has 7 aromatic carbocycles. The Morgan fingerprint density at radius 2 is 1.14 bits per heavy atom. The maximum atomic E-state index is 2.59. The van der Waals surface area contributed by atoms with Gasteiger partial charge in [-0.25, -0.2) is 0 Å². The van der Waals surface area contributed by atoms with Crippen molar-refractivity contribution >= 4 is 38.9 Å². The van der Waals surface area contributed by atoms with Crippen LogP contribution in [0.3, 0.4) is 0 Å². The number of nitrogens with zero attached hydrogens (tertiary/aromatic N) is 2. The van der Waals surface area contributed by atoms with E-state index in [-0.39, 0.29) is 5.41 Å². The van der Waals surface area contributed by atoms with E-state index in [0.717, 1.165) is 42.7 Å². The summed E-state index contributed by atoms with van der Waals surface area (Å²) in [6.45, 7) is 0. The van der Waals surface area contributed by atoms with Crippen molar-refractivity contribution in [1.82, 2.24) is 4.57 Å². The second-order valence-electron chi connectivity index (χ2n) is 15.9. The number of anilines is 3. The van der Waals surface area contributed by atoms with E-state index in [0.29, 0.717) is 5.92 Å². The zero-order valence-electron chi connectivity index (χ0n) is 32.1. The lowest BCUT2D eigenvalue weighted by atomic mass is 9.56. The molecule has 2 unspecified atom stereocenters. The van der Waals surface area contributed by atoms with Crippen LogP contribution < -0.4 is 4.90 Å². The number of para-hydroxylation sites is 2. The first-order valence-corrected chi connectivity index (χ1v) is 20.6. The highest BCUT2D eigenvalue weighted by atomic mass is 15.1. The molecular formula is C55H44N2. The molecule has 2 heteroatoms. The number of aromatic nitrogens is 1.